The molecule has 0 amide bonds. The van der Waals surface area contributed by atoms with Gasteiger partial charge in [-0.05, 0) is 26.7 Å². The minimum atomic E-state index is 0.247. The number of hydrogen-bond donors (Lipinski definition) is 1. The van der Waals surface area contributed by atoms with Crippen LogP contribution in [0.4, 0.5) is 11.5 Å². The molecule has 1 unspecified atom stereocenters. The lowest BCUT2D eigenvalue weighted by molar-refractivity contribution is 0.0820. The Hall–Kier alpha value is -1.23. The molecule has 1 saturated heterocycles. The van der Waals surface area contributed by atoms with Crippen molar-refractivity contribution in [2.45, 2.75) is 46.3 Å². The minimum Gasteiger partial charge on any atom is -0.394 e. The van der Waals surface area contributed by atoms with Gasteiger partial charge in [0, 0.05) is 26.2 Å². The van der Waals surface area contributed by atoms with Crippen LogP contribution in [0.25, 0.3) is 0 Å². The summed E-state index contributed by atoms with van der Waals surface area (Å²) in [6.07, 6.45) is 2.35. The highest BCUT2D eigenvalue weighted by molar-refractivity contribution is 5.66. The van der Waals surface area contributed by atoms with Gasteiger partial charge in [0.05, 0.1) is 17.5 Å². The van der Waals surface area contributed by atoms with Crippen LogP contribution in [0.15, 0.2) is 0 Å². The molecule has 0 spiro atoms. The number of nitrogen functional groups attached to an aromatic ring is 1. The van der Waals surface area contributed by atoms with E-state index in [1.807, 2.05) is 11.6 Å². The van der Waals surface area contributed by atoms with Crippen LogP contribution in [-0.2, 0) is 11.3 Å². The highest BCUT2D eigenvalue weighted by Crippen LogP contribution is 2.28. The molecule has 2 heterocycles. The van der Waals surface area contributed by atoms with E-state index in [9.17, 15) is 0 Å². The third kappa shape index (κ3) is 2.61. The van der Waals surface area contributed by atoms with Crippen molar-refractivity contribution >= 4 is 11.5 Å². The summed E-state index contributed by atoms with van der Waals surface area (Å²) < 4.78 is 7.73. The summed E-state index contributed by atoms with van der Waals surface area (Å²) in [6, 6.07) is 0. The molecule has 5 heteroatoms. The Balaban J connectivity index is 2.29. The van der Waals surface area contributed by atoms with Crippen LogP contribution in [0.1, 0.15) is 32.4 Å². The first-order chi connectivity index (χ1) is 8.63. The zero-order valence-corrected chi connectivity index (χ0v) is 11.6. The van der Waals surface area contributed by atoms with Crippen molar-refractivity contribution in [2.75, 3.05) is 30.3 Å². The molecule has 0 aromatic carbocycles. The normalized spacial score (nSPS) is 21.1. The summed E-state index contributed by atoms with van der Waals surface area (Å²) in [4.78, 5) is 2.32. The first kappa shape index (κ1) is 13.2. The second kappa shape index (κ2) is 5.61. The number of ether oxygens (including phenoxy) is 1. The maximum Gasteiger partial charge on any atom is 0.150 e. The van der Waals surface area contributed by atoms with Crippen molar-refractivity contribution in [1.29, 1.82) is 0 Å². The molecule has 1 aliphatic heterocycles. The molecular weight excluding hydrogens is 228 g/mol. The van der Waals surface area contributed by atoms with Crippen molar-refractivity contribution in [3.8, 4) is 0 Å². The third-order valence-corrected chi connectivity index (χ3v) is 3.33. The van der Waals surface area contributed by atoms with Gasteiger partial charge in [0.25, 0.3) is 0 Å². The van der Waals surface area contributed by atoms with Gasteiger partial charge in [0.15, 0.2) is 5.82 Å². The highest BCUT2D eigenvalue weighted by Gasteiger charge is 2.22. The second-order valence-electron chi connectivity index (χ2n) is 5.03. The lowest BCUT2D eigenvalue weighted by Crippen LogP contribution is -2.32. The zero-order chi connectivity index (χ0) is 13.1. The van der Waals surface area contributed by atoms with E-state index in [0.717, 1.165) is 56.3 Å². The van der Waals surface area contributed by atoms with Gasteiger partial charge < -0.3 is 15.4 Å². The van der Waals surface area contributed by atoms with Gasteiger partial charge in [0.2, 0.25) is 0 Å². The van der Waals surface area contributed by atoms with E-state index < -0.39 is 0 Å². The predicted octanol–water partition coefficient (Wildman–Crippen LogP) is 1.80. The Kier molecular flexibility index (Phi) is 4.11. The maximum absolute atomic E-state index is 6.20. The van der Waals surface area contributed by atoms with Crippen LogP contribution >= 0.6 is 0 Å². The van der Waals surface area contributed by atoms with Crippen LogP contribution in [0.3, 0.4) is 0 Å². The van der Waals surface area contributed by atoms with E-state index >= 15 is 0 Å². The van der Waals surface area contributed by atoms with Gasteiger partial charge in [-0.1, -0.05) is 6.92 Å². The molecule has 18 heavy (non-hydrogen) atoms. The molecule has 2 N–H and O–H groups in total. The largest absolute Gasteiger partial charge is 0.394 e. The van der Waals surface area contributed by atoms with Gasteiger partial charge in [-0.15, -0.1) is 0 Å². The van der Waals surface area contributed by atoms with E-state index in [0.29, 0.717) is 0 Å². The van der Waals surface area contributed by atoms with Crippen LogP contribution < -0.4 is 10.6 Å². The molecule has 1 aromatic rings. The number of aryl methyl sites for hydroxylation is 2. The molecule has 5 nitrogen and oxygen atoms in total. The topological polar surface area (TPSA) is 56.3 Å². The first-order valence-corrected chi connectivity index (χ1v) is 6.83. The summed E-state index contributed by atoms with van der Waals surface area (Å²) >= 11 is 0. The quantitative estimate of drug-likeness (QED) is 0.891. The van der Waals surface area contributed by atoms with E-state index in [-0.39, 0.29) is 6.10 Å². The fourth-order valence-corrected chi connectivity index (χ4v) is 2.47. The third-order valence-electron chi connectivity index (χ3n) is 3.33. The maximum atomic E-state index is 6.20. The highest BCUT2D eigenvalue weighted by atomic mass is 16.5. The van der Waals surface area contributed by atoms with Crippen molar-refractivity contribution in [3.05, 3.63) is 5.69 Å². The van der Waals surface area contributed by atoms with E-state index in [2.05, 4.69) is 23.8 Å². The van der Waals surface area contributed by atoms with Crippen LogP contribution in [0.5, 0.6) is 0 Å². The summed E-state index contributed by atoms with van der Waals surface area (Å²) in [5.74, 6) is 1.08. The van der Waals surface area contributed by atoms with E-state index in [1.54, 1.807) is 0 Å². The molecule has 0 bridgehead atoms. The average Bonchev–Trinajstić information content (AvgIpc) is 2.51. The average molecular weight is 252 g/mol. The standard InChI is InChI=1S/C13H24N4O/c1-4-6-17-13(12(14)11(3)15-17)16-7-5-8-18-10(2)9-16/h10H,4-9,14H2,1-3H3. The van der Waals surface area contributed by atoms with Crippen molar-refractivity contribution in [3.63, 3.8) is 0 Å². The molecule has 1 fully saturated rings. The summed E-state index contributed by atoms with van der Waals surface area (Å²) in [5, 5.41) is 4.54. The van der Waals surface area contributed by atoms with Crippen LogP contribution in [0.2, 0.25) is 0 Å². The number of nitrogens with zero attached hydrogens (tertiary/aromatic N) is 3. The minimum absolute atomic E-state index is 0.247. The molecule has 1 atom stereocenters. The van der Waals surface area contributed by atoms with Crippen LogP contribution in [0, 0.1) is 6.92 Å². The molecule has 1 aromatic heterocycles. The molecule has 1 aliphatic rings. The Morgan fingerprint density at radius 3 is 3.00 bits per heavy atom. The zero-order valence-electron chi connectivity index (χ0n) is 11.6. The molecule has 0 aliphatic carbocycles. The fraction of sp³-hybridized carbons (Fsp3) is 0.769. The number of hydrogen-bond acceptors (Lipinski definition) is 4. The number of aromatic nitrogens is 2. The molecule has 0 saturated carbocycles. The molecule has 0 radical (unpaired) electrons. The molecule has 102 valence electrons. The number of anilines is 2. The fourth-order valence-electron chi connectivity index (χ4n) is 2.47. The van der Waals surface area contributed by atoms with Gasteiger partial charge in [-0.2, -0.15) is 5.10 Å². The Bertz CT molecular complexity index is 402. The van der Waals surface area contributed by atoms with Crippen molar-refractivity contribution in [1.82, 2.24) is 9.78 Å². The summed E-state index contributed by atoms with van der Waals surface area (Å²) in [6.45, 7) is 9.87. The van der Waals surface area contributed by atoms with Gasteiger partial charge in [0.1, 0.15) is 0 Å². The van der Waals surface area contributed by atoms with E-state index in [4.69, 9.17) is 10.5 Å². The SMILES string of the molecule is CCCn1nc(C)c(N)c1N1CCCOC(C)C1. The second-order valence-corrected chi connectivity index (χ2v) is 5.03. The first-order valence-electron chi connectivity index (χ1n) is 6.83. The monoisotopic (exact) mass is 252 g/mol. The van der Waals surface area contributed by atoms with Crippen molar-refractivity contribution < 1.29 is 4.74 Å². The molecule has 2 rings (SSSR count). The summed E-state index contributed by atoms with van der Waals surface area (Å²) in [5.41, 5.74) is 7.94. The lowest BCUT2D eigenvalue weighted by Gasteiger charge is -2.25. The van der Waals surface area contributed by atoms with Gasteiger partial charge in [-0.3, -0.25) is 0 Å². The van der Waals surface area contributed by atoms with Crippen molar-refractivity contribution in [2.24, 2.45) is 0 Å². The lowest BCUT2D eigenvalue weighted by atomic mass is 10.3. The van der Waals surface area contributed by atoms with Gasteiger partial charge in [-0.25, -0.2) is 4.68 Å². The number of nitrogens with two attached hydrogens (primary N) is 1. The Labute approximate surface area is 109 Å². The Morgan fingerprint density at radius 1 is 1.50 bits per heavy atom. The smallest absolute Gasteiger partial charge is 0.150 e. The Morgan fingerprint density at radius 2 is 2.28 bits per heavy atom. The van der Waals surface area contributed by atoms with Crippen LogP contribution in [-0.4, -0.2) is 35.6 Å². The summed E-state index contributed by atoms with van der Waals surface area (Å²) in [7, 11) is 0. The van der Waals surface area contributed by atoms with E-state index in [1.165, 1.54) is 0 Å². The molecular formula is C13H24N4O. The van der Waals surface area contributed by atoms with Gasteiger partial charge >= 0.3 is 0 Å². The predicted molar refractivity (Wildman–Crippen MR) is 73.9 cm³/mol. The number of rotatable bonds is 3.